The van der Waals surface area contributed by atoms with Crippen molar-refractivity contribution in [1.29, 1.82) is 0 Å². The predicted octanol–water partition coefficient (Wildman–Crippen LogP) is 2.65. The number of aromatic nitrogens is 2. The van der Waals surface area contributed by atoms with Gasteiger partial charge in [0.1, 0.15) is 10.6 Å². The molecule has 0 spiro atoms. The van der Waals surface area contributed by atoms with Gasteiger partial charge in [-0.3, -0.25) is 0 Å². The molecule has 0 aromatic carbocycles. The van der Waals surface area contributed by atoms with Crippen molar-refractivity contribution in [1.82, 2.24) is 14.9 Å². The summed E-state index contributed by atoms with van der Waals surface area (Å²) in [6, 6.07) is 2.70. The minimum absolute atomic E-state index is 0.565. The van der Waals surface area contributed by atoms with Crippen LogP contribution in [0.2, 0.25) is 0 Å². The molecule has 6 heteroatoms. The van der Waals surface area contributed by atoms with E-state index in [0.717, 1.165) is 17.2 Å². The van der Waals surface area contributed by atoms with Crippen LogP contribution in [0.4, 0.5) is 11.8 Å². The van der Waals surface area contributed by atoms with Gasteiger partial charge in [0.05, 0.1) is 5.39 Å². The van der Waals surface area contributed by atoms with Crippen LogP contribution in [0.5, 0.6) is 0 Å². The summed E-state index contributed by atoms with van der Waals surface area (Å²) in [4.78, 5) is 15.2. The molecule has 1 saturated heterocycles. The van der Waals surface area contributed by atoms with Crippen LogP contribution in [-0.4, -0.2) is 54.6 Å². The van der Waals surface area contributed by atoms with Crippen molar-refractivity contribution in [2.45, 2.75) is 25.8 Å². The monoisotopic (exact) mass is 305 g/mol. The molecule has 5 nitrogen and oxygen atoms in total. The smallest absolute Gasteiger partial charge is 0.225 e. The average Bonchev–Trinajstić information content (AvgIpc) is 3.01. The SMILES string of the molecule is CCN1CCC(N(C)c2nc(NC)nc3sccc23)CC1. The number of piperidine rings is 1. The lowest BCUT2D eigenvalue weighted by Crippen LogP contribution is -2.43. The third-order valence-corrected chi connectivity index (χ3v) is 5.22. The van der Waals surface area contributed by atoms with E-state index in [-0.39, 0.29) is 0 Å². The second kappa shape index (κ2) is 6.15. The average molecular weight is 305 g/mol. The van der Waals surface area contributed by atoms with Crippen LogP contribution >= 0.6 is 11.3 Å². The lowest BCUT2D eigenvalue weighted by atomic mass is 10.0. The molecule has 1 aliphatic heterocycles. The van der Waals surface area contributed by atoms with Crippen LogP contribution in [0.25, 0.3) is 10.2 Å². The van der Waals surface area contributed by atoms with E-state index in [4.69, 9.17) is 4.98 Å². The summed E-state index contributed by atoms with van der Waals surface area (Å²) in [5.74, 6) is 1.76. The number of likely N-dealkylation sites (tertiary alicyclic amines) is 1. The Balaban J connectivity index is 1.87. The van der Waals surface area contributed by atoms with Crippen LogP contribution in [0.15, 0.2) is 11.4 Å². The number of rotatable bonds is 4. The molecular formula is C15H23N5S. The summed E-state index contributed by atoms with van der Waals surface area (Å²) in [7, 11) is 4.05. The zero-order valence-corrected chi connectivity index (χ0v) is 13.8. The maximum absolute atomic E-state index is 4.70. The van der Waals surface area contributed by atoms with Crippen molar-refractivity contribution in [3.05, 3.63) is 11.4 Å². The van der Waals surface area contributed by atoms with Crippen LogP contribution in [0, 0.1) is 0 Å². The molecule has 0 amide bonds. The maximum atomic E-state index is 4.70. The number of nitrogens with zero attached hydrogens (tertiary/aromatic N) is 4. The second-order valence-corrected chi connectivity index (χ2v) is 6.43. The Morgan fingerprint density at radius 2 is 2.14 bits per heavy atom. The molecule has 0 atom stereocenters. The number of hydrogen-bond acceptors (Lipinski definition) is 6. The fourth-order valence-electron chi connectivity index (χ4n) is 3.02. The number of thiophene rings is 1. The van der Waals surface area contributed by atoms with Crippen molar-refractivity contribution in [2.24, 2.45) is 0 Å². The maximum Gasteiger partial charge on any atom is 0.225 e. The van der Waals surface area contributed by atoms with Gasteiger partial charge in [0.25, 0.3) is 0 Å². The Kier molecular flexibility index (Phi) is 4.26. The number of nitrogens with one attached hydrogen (secondary N) is 1. The van der Waals surface area contributed by atoms with Crippen LogP contribution in [0.1, 0.15) is 19.8 Å². The minimum Gasteiger partial charge on any atom is -0.357 e. The fourth-order valence-corrected chi connectivity index (χ4v) is 3.77. The molecule has 2 aromatic rings. The van der Waals surface area contributed by atoms with Gasteiger partial charge in [0, 0.05) is 33.2 Å². The molecule has 2 aromatic heterocycles. The van der Waals surface area contributed by atoms with Crippen LogP contribution < -0.4 is 10.2 Å². The summed E-state index contributed by atoms with van der Waals surface area (Å²) < 4.78 is 0. The third kappa shape index (κ3) is 2.82. The predicted molar refractivity (Wildman–Crippen MR) is 90.5 cm³/mol. The summed E-state index contributed by atoms with van der Waals surface area (Å²) in [6.07, 6.45) is 2.41. The van der Waals surface area contributed by atoms with Gasteiger partial charge in [0.2, 0.25) is 5.95 Å². The summed E-state index contributed by atoms with van der Waals surface area (Å²) in [5, 5.41) is 6.33. The highest BCUT2D eigenvalue weighted by Gasteiger charge is 2.24. The molecule has 1 fully saturated rings. The van der Waals surface area contributed by atoms with Gasteiger partial charge >= 0.3 is 0 Å². The van der Waals surface area contributed by atoms with Crippen molar-refractivity contribution in [3.63, 3.8) is 0 Å². The molecule has 0 radical (unpaired) electrons. The highest BCUT2D eigenvalue weighted by Crippen LogP contribution is 2.31. The minimum atomic E-state index is 0.565. The van der Waals surface area contributed by atoms with Crippen molar-refractivity contribution < 1.29 is 0 Å². The largest absolute Gasteiger partial charge is 0.357 e. The van der Waals surface area contributed by atoms with Gasteiger partial charge in [-0.1, -0.05) is 6.92 Å². The number of anilines is 2. The number of hydrogen-bond donors (Lipinski definition) is 1. The first-order valence-electron chi connectivity index (χ1n) is 7.61. The Morgan fingerprint density at radius 1 is 1.38 bits per heavy atom. The van der Waals surface area contributed by atoms with E-state index in [9.17, 15) is 0 Å². The highest BCUT2D eigenvalue weighted by atomic mass is 32.1. The first kappa shape index (κ1) is 14.5. The Hall–Kier alpha value is -1.40. The van der Waals surface area contributed by atoms with E-state index in [1.54, 1.807) is 11.3 Å². The van der Waals surface area contributed by atoms with Gasteiger partial charge in [-0.2, -0.15) is 4.98 Å². The van der Waals surface area contributed by atoms with Gasteiger partial charge in [-0.05, 0) is 30.8 Å². The summed E-state index contributed by atoms with van der Waals surface area (Å²) in [6.45, 7) is 5.76. The Labute approximate surface area is 130 Å². The molecule has 0 saturated carbocycles. The first-order chi connectivity index (χ1) is 10.2. The second-order valence-electron chi connectivity index (χ2n) is 5.54. The van der Waals surface area contributed by atoms with E-state index < -0.39 is 0 Å². The Bertz CT molecular complexity index is 603. The summed E-state index contributed by atoms with van der Waals surface area (Å²) in [5.41, 5.74) is 0. The van der Waals surface area contributed by atoms with E-state index >= 15 is 0 Å². The van der Waals surface area contributed by atoms with E-state index in [0.29, 0.717) is 12.0 Å². The molecule has 1 N–H and O–H groups in total. The van der Waals surface area contributed by atoms with E-state index in [1.807, 2.05) is 7.05 Å². The Morgan fingerprint density at radius 3 is 2.81 bits per heavy atom. The molecule has 21 heavy (non-hydrogen) atoms. The van der Waals surface area contributed by atoms with Crippen molar-refractivity contribution in [2.75, 3.05) is 43.9 Å². The van der Waals surface area contributed by atoms with Crippen LogP contribution in [0.3, 0.4) is 0 Å². The van der Waals surface area contributed by atoms with Crippen LogP contribution in [-0.2, 0) is 0 Å². The molecule has 0 bridgehead atoms. The quantitative estimate of drug-likeness (QED) is 0.941. The normalized spacial score (nSPS) is 17.3. The third-order valence-electron chi connectivity index (χ3n) is 4.41. The summed E-state index contributed by atoms with van der Waals surface area (Å²) >= 11 is 1.67. The fraction of sp³-hybridized carbons (Fsp3) is 0.600. The lowest BCUT2D eigenvalue weighted by molar-refractivity contribution is 0.220. The number of fused-ring (bicyclic) bond motifs is 1. The topological polar surface area (TPSA) is 44.3 Å². The zero-order valence-electron chi connectivity index (χ0n) is 13.0. The highest BCUT2D eigenvalue weighted by molar-refractivity contribution is 7.16. The molecule has 0 aliphatic carbocycles. The van der Waals surface area contributed by atoms with E-state index in [2.05, 4.69) is 45.5 Å². The van der Waals surface area contributed by atoms with Gasteiger partial charge in [0.15, 0.2) is 0 Å². The molecular weight excluding hydrogens is 282 g/mol. The van der Waals surface area contributed by atoms with E-state index in [1.165, 1.54) is 31.3 Å². The molecule has 3 heterocycles. The molecule has 1 aliphatic rings. The zero-order chi connectivity index (χ0) is 14.8. The van der Waals surface area contributed by atoms with Gasteiger partial charge < -0.3 is 15.1 Å². The first-order valence-corrected chi connectivity index (χ1v) is 8.49. The van der Waals surface area contributed by atoms with Crippen molar-refractivity contribution in [3.8, 4) is 0 Å². The lowest BCUT2D eigenvalue weighted by Gasteiger charge is -2.37. The molecule has 114 valence electrons. The van der Waals surface area contributed by atoms with Crippen molar-refractivity contribution >= 4 is 33.3 Å². The molecule has 0 unspecified atom stereocenters. The van der Waals surface area contributed by atoms with Gasteiger partial charge in [-0.25, -0.2) is 4.98 Å². The standard InChI is InChI=1S/C15H23N5S/c1-4-20-8-5-11(6-9-20)19(3)13-12-7-10-21-14(12)18-15(16-2)17-13/h7,10-11H,4-6,8-9H2,1-3H3,(H,16,17,18). The van der Waals surface area contributed by atoms with Gasteiger partial charge in [-0.15, -0.1) is 11.3 Å². The molecule has 3 rings (SSSR count).